The highest BCUT2D eigenvalue weighted by Gasteiger charge is 2.31. The standard InChI is InChI=1S/C32H33F3N6O2/c1-22-20-25(39-29(42)23-8-5-9-24(21-23)32(33,34)35)11-12-28(22)43-30-26(10-6-14-36-30)27-13-16-38-31(40-27)37-15-7-19-41-17-3-2-4-18-41/h5-6,8-14,16,20-21H,2-4,7,15,17-19H2,1H3,(H,39,42)(H,37,38,40). The molecule has 0 bridgehead atoms. The van der Waals surface area contributed by atoms with Crippen molar-refractivity contribution in [2.24, 2.45) is 0 Å². The molecule has 1 aliphatic rings. The molecule has 1 amide bonds. The number of hydrogen-bond donors (Lipinski definition) is 2. The molecule has 1 saturated heterocycles. The zero-order valence-electron chi connectivity index (χ0n) is 23.8. The number of rotatable bonds is 10. The Balaban J connectivity index is 1.23. The van der Waals surface area contributed by atoms with E-state index in [0.717, 1.165) is 31.6 Å². The number of aromatic nitrogens is 3. The van der Waals surface area contributed by atoms with Crippen LogP contribution in [0.25, 0.3) is 11.3 Å². The highest BCUT2D eigenvalue weighted by molar-refractivity contribution is 6.04. The van der Waals surface area contributed by atoms with Crippen LogP contribution < -0.4 is 15.4 Å². The van der Waals surface area contributed by atoms with Crippen LogP contribution in [0.3, 0.4) is 0 Å². The minimum Gasteiger partial charge on any atom is -0.438 e. The normalized spacial score (nSPS) is 13.9. The molecule has 3 heterocycles. The van der Waals surface area contributed by atoms with Gasteiger partial charge in [-0.25, -0.2) is 15.0 Å². The molecule has 2 aromatic heterocycles. The number of likely N-dealkylation sites (tertiary alicyclic amines) is 1. The largest absolute Gasteiger partial charge is 0.438 e. The fourth-order valence-electron chi connectivity index (χ4n) is 4.93. The van der Waals surface area contributed by atoms with Crippen LogP contribution in [0.15, 0.2) is 73.1 Å². The Kier molecular flexibility index (Phi) is 9.51. The zero-order chi connectivity index (χ0) is 30.2. The van der Waals surface area contributed by atoms with Crippen molar-refractivity contribution in [3.63, 3.8) is 0 Å². The van der Waals surface area contributed by atoms with Gasteiger partial charge in [-0.1, -0.05) is 12.5 Å². The van der Waals surface area contributed by atoms with Gasteiger partial charge in [-0.15, -0.1) is 0 Å². The average molecular weight is 591 g/mol. The van der Waals surface area contributed by atoms with Gasteiger partial charge in [0.15, 0.2) is 0 Å². The smallest absolute Gasteiger partial charge is 0.416 e. The second kappa shape index (κ2) is 13.6. The molecule has 4 aromatic rings. The molecule has 2 N–H and O–H groups in total. The van der Waals surface area contributed by atoms with Crippen LogP contribution in [-0.4, -0.2) is 51.9 Å². The van der Waals surface area contributed by atoms with Crippen LogP contribution in [0.5, 0.6) is 11.6 Å². The molecule has 0 aliphatic carbocycles. The second-order valence-electron chi connectivity index (χ2n) is 10.4. The summed E-state index contributed by atoms with van der Waals surface area (Å²) >= 11 is 0. The molecule has 11 heteroatoms. The van der Waals surface area contributed by atoms with Crippen molar-refractivity contribution in [1.82, 2.24) is 19.9 Å². The van der Waals surface area contributed by atoms with E-state index in [1.54, 1.807) is 49.6 Å². The van der Waals surface area contributed by atoms with Crippen LogP contribution in [0, 0.1) is 6.92 Å². The Bertz CT molecular complexity index is 1560. The summed E-state index contributed by atoms with van der Waals surface area (Å²) in [5, 5.41) is 5.96. The SMILES string of the molecule is Cc1cc(NC(=O)c2cccc(C(F)(F)F)c2)ccc1Oc1ncccc1-c1ccnc(NCCCN2CCCCC2)n1. The summed E-state index contributed by atoms with van der Waals surface area (Å²) in [6, 6.07) is 14.7. The fraction of sp³-hybridized carbons (Fsp3) is 0.312. The van der Waals surface area contributed by atoms with Gasteiger partial charge in [-0.2, -0.15) is 13.2 Å². The van der Waals surface area contributed by atoms with Crippen LogP contribution in [-0.2, 0) is 6.18 Å². The molecule has 224 valence electrons. The number of halogens is 3. The second-order valence-corrected chi connectivity index (χ2v) is 10.4. The predicted octanol–water partition coefficient (Wildman–Crippen LogP) is 7.20. The van der Waals surface area contributed by atoms with Gasteiger partial charge in [-0.05, 0) is 106 Å². The predicted molar refractivity (Wildman–Crippen MR) is 159 cm³/mol. The first-order valence-electron chi connectivity index (χ1n) is 14.3. The maximum Gasteiger partial charge on any atom is 0.416 e. The number of hydrogen-bond acceptors (Lipinski definition) is 7. The lowest BCUT2D eigenvalue weighted by atomic mass is 10.1. The van der Waals surface area contributed by atoms with Crippen LogP contribution >= 0.6 is 0 Å². The molecule has 0 spiro atoms. The van der Waals surface area contributed by atoms with Crippen molar-refractivity contribution in [3.05, 3.63) is 89.7 Å². The van der Waals surface area contributed by atoms with Gasteiger partial charge in [0.2, 0.25) is 11.8 Å². The number of alkyl halides is 3. The number of carbonyl (C=O) groups is 1. The molecule has 0 unspecified atom stereocenters. The van der Waals surface area contributed by atoms with Crippen molar-refractivity contribution in [1.29, 1.82) is 0 Å². The van der Waals surface area contributed by atoms with E-state index in [2.05, 4.69) is 30.5 Å². The Morgan fingerprint density at radius 1 is 0.977 bits per heavy atom. The topological polar surface area (TPSA) is 92.3 Å². The van der Waals surface area contributed by atoms with Crippen molar-refractivity contribution < 1.29 is 22.7 Å². The summed E-state index contributed by atoms with van der Waals surface area (Å²) in [6.45, 7) is 5.97. The van der Waals surface area contributed by atoms with E-state index in [4.69, 9.17) is 4.74 Å². The highest BCUT2D eigenvalue weighted by atomic mass is 19.4. The molecular weight excluding hydrogens is 557 g/mol. The first kappa shape index (κ1) is 30.0. The average Bonchev–Trinajstić information content (AvgIpc) is 3.01. The van der Waals surface area contributed by atoms with Crippen molar-refractivity contribution in [2.45, 2.75) is 38.8 Å². The highest BCUT2D eigenvalue weighted by Crippen LogP contribution is 2.33. The molecule has 0 saturated carbocycles. The van der Waals surface area contributed by atoms with Gasteiger partial charge in [0.1, 0.15) is 5.75 Å². The monoisotopic (exact) mass is 590 g/mol. The van der Waals surface area contributed by atoms with E-state index in [1.807, 2.05) is 6.07 Å². The van der Waals surface area contributed by atoms with E-state index in [0.29, 0.717) is 40.1 Å². The Hall–Kier alpha value is -4.51. The lowest BCUT2D eigenvalue weighted by molar-refractivity contribution is -0.137. The number of anilines is 2. The van der Waals surface area contributed by atoms with Gasteiger partial charge in [-0.3, -0.25) is 4.79 Å². The number of pyridine rings is 1. The first-order chi connectivity index (χ1) is 20.8. The Morgan fingerprint density at radius 2 is 1.81 bits per heavy atom. The molecule has 43 heavy (non-hydrogen) atoms. The summed E-state index contributed by atoms with van der Waals surface area (Å²) in [6.07, 6.45) is 3.66. The third-order valence-electron chi connectivity index (χ3n) is 7.18. The van der Waals surface area contributed by atoms with Crippen LogP contribution in [0.4, 0.5) is 24.8 Å². The Labute approximate surface area is 248 Å². The van der Waals surface area contributed by atoms with E-state index in [1.165, 1.54) is 44.5 Å². The number of ether oxygens (including phenoxy) is 1. The van der Waals surface area contributed by atoms with Gasteiger partial charge < -0.3 is 20.3 Å². The number of aryl methyl sites for hydroxylation is 1. The third-order valence-corrected chi connectivity index (χ3v) is 7.18. The molecule has 5 rings (SSSR count). The zero-order valence-corrected chi connectivity index (χ0v) is 23.8. The van der Waals surface area contributed by atoms with Crippen LogP contribution in [0.2, 0.25) is 0 Å². The fourth-order valence-corrected chi connectivity index (χ4v) is 4.93. The molecular formula is C32H33F3N6O2. The minimum absolute atomic E-state index is 0.0911. The van der Waals surface area contributed by atoms with Crippen LogP contribution in [0.1, 0.15) is 47.2 Å². The third kappa shape index (κ3) is 8.07. The number of amides is 1. The summed E-state index contributed by atoms with van der Waals surface area (Å²) in [7, 11) is 0. The van der Waals surface area contributed by atoms with E-state index in [9.17, 15) is 18.0 Å². The molecule has 8 nitrogen and oxygen atoms in total. The Morgan fingerprint density at radius 3 is 2.60 bits per heavy atom. The van der Waals surface area contributed by atoms with E-state index >= 15 is 0 Å². The number of piperidine rings is 1. The van der Waals surface area contributed by atoms with Crippen molar-refractivity contribution >= 4 is 17.5 Å². The lowest BCUT2D eigenvalue weighted by Gasteiger charge is -2.26. The lowest BCUT2D eigenvalue weighted by Crippen LogP contribution is -2.31. The van der Waals surface area contributed by atoms with Gasteiger partial charge >= 0.3 is 6.18 Å². The van der Waals surface area contributed by atoms with Gasteiger partial charge in [0, 0.05) is 30.2 Å². The van der Waals surface area contributed by atoms with Gasteiger partial charge in [0.25, 0.3) is 5.91 Å². The molecule has 0 radical (unpaired) electrons. The molecule has 2 aromatic carbocycles. The number of nitrogens with zero attached hydrogens (tertiary/aromatic N) is 4. The van der Waals surface area contributed by atoms with Gasteiger partial charge in [0.05, 0.1) is 16.8 Å². The quantitative estimate of drug-likeness (QED) is 0.189. The summed E-state index contributed by atoms with van der Waals surface area (Å²) in [5.74, 6) is 0.733. The summed E-state index contributed by atoms with van der Waals surface area (Å²) in [4.78, 5) is 28.6. The minimum atomic E-state index is -4.54. The first-order valence-corrected chi connectivity index (χ1v) is 14.3. The van der Waals surface area contributed by atoms with E-state index in [-0.39, 0.29) is 5.56 Å². The number of nitrogens with one attached hydrogen (secondary N) is 2. The maximum absolute atomic E-state index is 13.1. The van der Waals surface area contributed by atoms with Crippen molar-refractivity contribution in [2.75, 3.05) is 36.8 Å². The molecule has 1 fully saturated rings. The maximum atomic E-state index is 13.1. The van der Waals surface area contributed by atoms with E-state index < -0.39 is 17.6 Å². The molecule has 0 atom stereocenters. The summed E-state index contributed by atoms with van der Waals surface area (Å²) in [5.41, 5.74) is 1.47. The molecule has 1 aliphatic heterocycles. The van der Waals surface area contributed by atoms with Crippen molar-refractivity contribution in [3.8, 4) is 22.9 Å². The summed E-state index contributed by atoms with van der Waals surface area (Å²) < 4.78 is 45.3. The number of benzene rings is 2. The number of carbonyl (C=O) groups excluding carboxylic acids is 1.